The fourth-order valence-corrected chi connectivity index (χ4v) is 4.32. The molecular formula is C18H24N6O2. The first-order valence-corrected chi connectivity index (χ1v) is 9.22. The molecule has 0 atom stereocenters. The monoisotopic (exact) mass is 356 g/mol. The van der Waals surface area contributed by atoms with E-state index in [-0.39, 0.29) is 22.8 Å². The lowest BCUT2D eigenvalue weighted by molar-refractivity contribution is -0.133. The number of nitrogens with zero attached hydrogens (tertiary/aromatic N) is 4. The van der Waals surface area contributed by atoms with Crippen molar-refractivity contribution in [3.8, 4) is 0 Å². The van der Waals surface area contributed by atoms with Gasteiger partial charge in [-0.25, -0.2) is 4.98 Å². The normalized spacial score (nSPS) is 18.2. The van der Waals surface area contributed by atoms with Gasteiger partial charge in [0.25, 0.3) is 5.56 Å². The van der Waals surface area contributed by atoms with Crippen LogP contribution in [0, 0.1) is 0 Å². The Kier molecular flexibility index (Phi) is 4.26. The van der Waals surface area contributed by atoms with Crippen molar-refractivity contribution in [2.75, 3.05) is 18.8 Å². The van der Waals surface area contributed by atoms with E-state index in [9.17, 15) is 9.59 Å². The van der Waals surface area contributed by atoms with Gasteiger partial charge in [0.2, 0.25) is 11.9 Å². The van der Waals surface area contributed by atoms with Crippen molar-refractivity contribution in [3.63, 3.8) is 0 Å². The van der Waals surface area contributed by atoms with E-state index in [1.807, 2.05) is 21.8 Å². The summed E-state index contributed by atoms with van der Waals surface area (Å²) in [4.78, 5) is 33.6. The molecule has 1 spiro atoms. The van der Waals surface area contributed by atoms with Crippen LogP contribution in [-0.2, 0) is 23.2 Å². The molecule has 0 unspecified atom stereocenters. The Balaban J connectivity index is 1.36. The highest BCUT2D eigenvalue weighted by Crippen LogP contribution is 2.44. The molecule has 8 heteroatoms. The summed E-state index contributed by atoms with van der Waals surface area (Å²) >= 11 is 0. The Hall–Kier alpha value is -2.64. The van der Waals surface area contributed by atoms with Crippen LogP contribution in [0.2, 0.25) is 0 Å². The SMILES string of the molecule is Nc1nc2c(c(=O)[nH]1)CCC21CCN(C(=O)CCCn2cccn2)CC1. The number of piperidine rings is 1. The van der Waals surface area contributed by atoms with Crippen LogP contribution in [0.1, 0.15) is 43.4 Å². The molecule has 26 heavy (non-hydrogen) atoms. The van der Waals surface area contributed by atoms with Crippen molar-refractivity contribution in [1.29, 1.82) is 0 Å². The van der Waals surface area contributed by atoms with E-state index in [1.165, 1.54) is 0 Å². The van der Waals surface area contributed by atoms with Crippen LogP contribution >= 0.6 is 0 Å². The standard InChI is InChI=1S/C18H24N6O2/c19-17-21-15-13(16(26)22-17)4-5-18(15)6-11-23(12-7-18)14(25)3-1-9-24-10-2-8-20-24/h2,8,10H,1,3-7,9,11-12H2,(H3,19,21,22,26). The highest BCUT2D eigenvalue weighted by atomic mass is 16.2. The molecule has 2 aliphatic rings. The molecule has 1 saturated heterocycles. The molecule has 3 N–H and O–H groups in total. The number of H-pyrrole nitrogens is 1. The van der Waals surface area contributed by atoms with Gasteiger partial charge < -0.3 is 10.6 Å². The van der Waals surface area contributed by atoms with E-state index in [2.05, 4.69) is 15.1 Å². The third kappa shape index (κ3) is 3.00. The van der Waals surface area contributed by atoms with Gasteiger partial charge in [0, 0.05) is 49.4 Å². The molecule has 2 aromatic heterocycles. The second-order valence-corrected chi connectivity index (χ2v) is 7.31. The lowest BCUT2D eigenvalue weighted by Gasteiger charge is -2.39. The molecule has 1 aliphatic heterocycles. The molecule has 0 radical (unpaired) electrons. The summed E-state index contributed by atoms with van der Waals surface area (Å²) in [5, 5.41) is 4.16. The molecule has 4 rings (SSSR count). The maximum Gasteiger partial charge on any atom is 0.255 e. The van der Waals surface area contributed by atoms with E-state index in [1.54, 1.807) is 6.20 Å². The minimum absolute atomic E-state index is 0.0937. The molecule has 1 fully saturated rings. The van der Waals surface area contributed by atoms with Gasteiger partial charge >= 0.3 is 0 Å². The Bertz CT molecular complexity index is 849. The highest BCUT2D eigenvalue weighted by molar-refractivity contribution is 5.76. The fourth-order valence-electron chi connectivity index (χ4n) is 4.32. The van der Waals surface area contributed by atoms with Crippen LogP contribution in [0.25, 0.3) is 0 Å². The summed E-state index contributed by atoms with van der Waals surface area (Å²) in [6, 6.07) is 1.89. The zero-order chi connectivity index (χ0) is 18.1. The lowest BCUT2D eigenvalue weighted by Crippen LogP contribution is -2.44. The quantitative estimate of drug-likeness (QED) is 0.843. The summed E-state index contributed by atoms with van der Waals surface area (Å²) in [6.45, 7) is 2.19. The molecule has 1 aliphatic carbocycles. The minimum atomic E-state index is -0.110. The summed E-state index contributed by atoms with van der Waals surface area (Å²) in [5.41, 5.74) is 7.19. The Morgan fingerprint density at radius 2 is 2.12 bits per heavy atom. The maximum atomic E-state index is 12.5. The molecule has 1 amide bonds. The van der Waals surface area contributed by atoms with Crippen molar-refractivity contribution >= 4 is 11.9 Å². The minimum Gasteiger partial charge on any atom is -0.369 e. The predicted molar refractivity (Wildman–Crippen MR) is 96.5 cm³/mol. The van der Waals surface area contributed by atoms with Crippen LogP contribution < -0.4 is 11.3 Å². The van der Waals surface area contributed by atoms with Gasteiger partial charge in [-0.15, -0.1) is 0 Å². The molecule has 138 valence electrons. The number of aryl methyl sites for hydroxylation is 1. The van der Waals surface area contributed by atoms with Gasteiger partial charge in [0.1, 0.15) is 0 Å². The van der Waals surface area contributed by atoms with Gasteiger partial charge in [0.15, 0.2) is 0 Å². The molecule has 0 bridgehead atoms. The van der Waals surface area contributed by atoms with Gasteiger partial charge in [-0.05, 0) is 38.2 Å². The second kappa shape index (κ2) is 6.59. The van der Waals surface area contributed by atoms with Crippen LogP contribution in [0.15, 0.2) is 23.3 Å². The smallest absolute Gasteiger partial charge is 0.255 e. The number of likely N-dealkylation sites (tertiary alicyclic amines) is 1. The van der Waals surface area contributed by atoms with Crippen molar-refractivity contribution in [2.24, 2.45) is 0 Å². The number of carbonyl (C=O) groups is 1. The third-order valence-corrected chi connectivity index (χ3v) is 5.80. The number of hydrogen-bond donors (Lipinski definition) is 2. The van der Waals surface area contributed by atoms with Crippen LogP contribution in [0.3, 0.4) is 0 Å². The van der Waals surface area contributed by atoms with Crippen molar-refractivity contribution in [1.82, 2.24) is 24.6 Å². The molecule has 8 nitrogen and oxygen atoms in total. The lowest BCUT2D eigenvalue weighted by atomic mass is 9.76. The number of hydrogen-bond acceptors (Lipinski definition) is 5. The summed E-state index contributed by atoms with van der Waals surface area (Å²) < 4.78 is 1.85. The van der Waals surface area contributed by atoms with E-state index in [4.69, 9.17) is 5.73 Å². The van der Waals surface area contributed by atoms with E-state index in [0.717, 1.165) is 49.9 Å². The molecular weight excluding hydrogens is 332 g/mol. The molecule has 2 aromatic rings. The largest absolute Gasteiger partial charge is 0.369 e. The molecule has 0 saturated carbocycles. The topological polar surface area (TPSA) is 110 Å². The van der Waals surface area contributed by atoms with Crippen molar-refractivity contribution in [3.05, 3.63) is 40.1 Å². The number of aromatic nitrogens is 4. The van der Waals surface area contributed by atoms with E-state index < -0.39 is 0 Å². The van der Waals surface area contributed by atoms with Crippen LogP contribution in [0.5, 0.6) is 0 Å². The molecule has 3 heterocycles. The Labute approximate surface area is 151 Å². The summed E-state index contributed by atoms with van der Waals surface area (Å²) in [7, 11) is 0. The maximum absolute atomic E-state index is 12.5. The number of anilines is 1. The number of rotatable bonds is 4. The van der Waals surface area contributed by atoms with E-state index in [0.29, 0.717) is 19.5 Å². The van der Waals surface area contributed by atoms with Gasteiger partial charge in [-0.2, -0.15) is 5.10 Å². The summed E-state index contributed by atoms with van der Waals surface area (Å²) in [5.74, 6) is 0.385. The number of aromatic amines is 1. The van der Waals surface area contributed by atoms with Crippen molar-refractivity contribution < 1.29 is 4.79 Å². The number of amides is 1. The first-order chi connectivity index (χ1) is 12.6. The average molecular weight is 356 g/mol. The Morgan fingerprint density at radius 1 is 1.31 bits per heavy atom. The number of nitrogens with two attached hydrogens (primary N) is 1. The number of fused-ring (bicyclic) bond motifs is 2. The zero-order valence-corrected chi connectivity index (χ0v) is 14.8. The second-order valence-electron chi connectivity index (χ2n) is 7.31. The Morgan fingerprint density at radius 3 is 2.85 bits per heavy atom. The predicted octanol–water partition coefficient (Wildman–Crippen LogP) is 0.835. The van der Waals surface area contributed by atoms with Crippen LogP contribution in [-0.4, -0.2) is 43.6 Å². The first kappa shape index (κ1) is 16.8. The highest BCUT2D eigenvalue weighted by Gasteiger charge is 2.44. The summed E-state index contributed by atoms with van der Waals surface area (Å²) in [6.07, 6.45) is 8.34. The van der Waals surface area contributed by atoms with E-state index >= 15 is 0 Å². The number of nitrogens with one attached hydrogen (secondary N) is 1. The third-order valence-electron chi connectivity index (χ3n) is 5.80. The van der Waals surface area contributed by atoms with Gasteiger partial charge in [-0.3, -0.25) is 19.3 Å². The van der Waals surface area contributed by atoms with Gasteiger partial charge in [0.05, 0.1) is 5.69 Å². The molecule has 0 aromatic carbocycles. The average Bonchev–Trinajstić information content (AvgIpc) is 3.25. The first-order valence-electron chi connectivity index (χ1n) is 9.22. The van der Waals surface area contributed by atoms with Gasteiger partial charge in [-0.1, -0.05) is 0 Å². The van der Waals surface area contributed by atoms with Crippen molar-refractivity contribution in [2.45, 2.75) is 50.5 Å². The fraction of sp³-hybridized carbons (Fsp3) is 0.556. The number of carbonyl (C=O) groups excluding carboxylic acids is 1. The van der Waals surface area contributed by atoms with Crippen LogP contribution in [0.4, 0.5) is 5.95 Å². The zero-order valence-electron chi connectivity index (χ0n) is 14.8. The number of nitrogen functional groups attached to an aromatic ring is 1.